The second-order valence-electron chi connectivity index (χ2n) is 5.50. The summed E-state index contributed by atoms with van der Waals surface area (Å²) in [6.45, 7) is 4.49. The van der Waals surface area contributed by atoms with E-state index in [1.807, 2.05) is 19.1 Å². The lowest BCUT2D eigenvalue weighted by Crippen LogP contribution is -2.36. The number of nitrogens with zero attached hydrogens (tertiary/aromatic N) is 4. The van der Waals surface area contributed by atoms with Gasteiger partial charge in [-0.05, 0) is 37.8 Å². The van der Waals surface area contributed by atoms with Crippen molar-refractivity contribution in [2.75, 3.05) is 24.6 Å². The highest BCUT2D eigenvalue weighted by Gasteiger charge is 2.22. The van der Waals surface area contributed by atoms with Gasteiger partial charge in [0, 0.05) is 31.7 Å². The largest absolute Gasteiger partial charge is 0.476 e. The summed E-state index contributed by atoms with van der Waals surface area (Å²) in [5.41, 5.74) is 0.834. The Morgan fingerprint density at radius 2 is 1.95 bits per heavy atom. The first-order chi connectivity index (χ1) is 10.7. The Morgan fingerprint density at radius 3 is 2.68 bits per heavy atom. The molecule has 0 aliphatic carbocycles. The number of hydrogen-bond acceptors (Lipinski definition) is 5. The molecule has 1 aliphatic heterocycles. The second-order valence-corrected chi connectivity index (χ2v) is 5.90. The molecular weight excluding hydrogens is 300 g/mol. The number of halogens is 1. The molecule has 0 aromatic carbocycles. The molecule has 0 unspecified atom stereocenters. The average molecular weight is 319 g/mol. The lowest BCUT2D eigenvalue weighted by molar-refractivity contribution is 0.214. The third kappa shape index (κ3) is 3.47. The third-order valence-corrected chi connectivity index (χ3v) is 4.24. The number of pyridine rings is 1. The third-order valence-electron chi connectivity index (χ3n) is 3.95. The first-order valence-electron chi connectivity index (χ1n) is 7.50. The van der Waals surface area contributed by atoms with Crippen LogP contribution < -0.4 is 9.64 Å². The van der Waals surface area contributed by atoms with Crippen LogP contribution in [0.3, 0.4) is 0 Å². The minimum absolute atomic E-state index is 0.528. The van der Waals surface area contributed by atoms with Crippen LogP contribution in [0.4, 0.5) is 5.82 Å². The predicted octanol–water partition coefficient (Wildman–Crippen LogP) is 3.13. The lowest BCUT2D eigenvalue weighted by Gasteiger charge is -2.33. The second kappa shape index (κ2) is 6.92. The standard InChI is InChI=1S/C16H19ClN4O/c1-12-16(20-8-7-18-12)22-11-13-4-9-21(10-5-13)15-14(17)3-2-6-19-15/h2-3,6-8,13H,4-5,9-11H2,1H3. The molecular formula is C16H19ClN4O. The van der Waals surface area contributed by atoms with Crippen molar-refractivity contribution in [3.8, 4) is 5.88 Å². The SMILES string of the molecule is Cc1nccnc1OCC1CCN(c2ncccc2Cl)CC1. The molecule has 0 amide bonds. The number of aryl methyl sites for hydroxylation is 1. The molecule has 2 aromatic heterocycles. The predicted molar refractivity (Wildman–Crippen MR) is 86.4 cm³/mol. The first kappa shape index (κ1) is 15.0. The van der Waals surface area contributed by atoms with E-state index in [0.717, 1.165) is 37.4 Å². The van der Waals surface area contributed by atoms with Crippen LogP contribution in [-0.4, -0.2) is 34.6 Å². The average Bonchev–Trinajstić information content (AvgIpc) is 2.55. The van der Waals surface area contributed by atoms with Crippen LogP contribution in [0.5, 0.6) is 5.88 Å². The lowest BCUT2D eigenvalue weighted by atomic mass is 9.98. The van der Waals surface area contributed by atoms with Crippen molar-refractivity contribution in [1.82, 2.24) is 15.0 Å². The van der Waals surface area contributed by atoms with Gasteiger partial charge in [-0.15, -0.1) is 0 Å². The summed E-state index contributed by atoms with van der Waals surface area (Å²) in [7, 11) is 0. The minimum atomic E-state index is 0.528. The molecule has 2 aromatic rings. The first-order valence-corrected chi connectivity index (χ1v) is 7.87. The molecule has 6 heteroatoms. The summed E-state index contributed by atoms with van der Waals surface area (Å²) in [5.74, 6) is 2.05. The van der Waals surface area contributed by atoms with Gasteiger partial charge in [0.2, 0.25) is 5.88 Å². The summed E-state index contributed by atoms with van der Waals surface area (Å²) in [6, 6.07) is 3.74. The molecule has 0 bridgehead atoms. The highest BCUT2D eigenvalue weighted by atomic mass is 35.5. The van der Waals surface area contributed by atoms with Crippen molar-refractivity contribution < 1.29 is 4.74 Å². The normalized spacial score (nSPS) is 15.8. The molecule has 116 valence electrons. The zero-order chi connectivity index (χ0) is 15.4. The van der Waals surface area contributed by atoms with Crippen molar-refractivity contribution >= 4 is 17.4 Å². The van der Waals surface area contributed by atoms with Gasteiger partial charge in [0.25, 0.3) is 0 Å². The smallest absolute Gasteiger partial charge is 0.235 e. The Kier molecular flexibility index (Phi) is 4.73. The number of aromatic nitrogens is 3. The number of hydrogen-bond donors (Lipinski definition) is 0. The van der Waals surface area contributed by atoms with Crippen LogP contribution >= 0.6 is 11.6 Å². The van der Waals surface area contributed by atoms with Gasteiger partial charge < -0.3 is 9.64 Å². The van der Waals surface area contributed by atoms with Gasteiger partial charge in [0.1, 0.15) is 5.82 Å². The molecule has 1 aliphatic rings. The van der Waals surface area contributed by atoms with Gasteiger partial charge in [-0.25, -0.2) is 9.97 Å². The van der Waals surface area contributed by atoms with E-state index in [0.29, 0.717) is 23.4 Å². The van der Waals surface area contributed by atoms with Crippen LogP contribution in [-0.2, 0) is 0 Å². The van der Waals surface area contributed by atoms with E-state index >= 15 is 0 Å². The Hall–Kier alpha value is -1.88. The maximum atomic E-state index is 6.21. The quantitative estimate of drug-likeness (QED) is 0.867. The summed E-state index contributed by atoms with van der Waals surface area (Å²) < 4.78 is 5.81. The number of rotatable bonds is 4. The van der Waals surface area contributed by atoms with Crippen LogP contribution in [0.15, 0.2) is 30.7 Å². The van der Waals surface area contributed by atoms with E-state index in [4.69, 9.17) is 16.3 Å². The van der Waals surface area contributed by atoms with Crippen LogP contribution in [0.1, 0.15) is 18.5 Å². The van der Waals surface area contributed by atoms with Crippen LogP contribution in [0.2, 0.25) is 5.02 Å². The monoisotopic (exact) mass is 318 g/mol. The number of anilines is 1. The Bertz CT molecular complexity index is 629. The van der Waals surface area contributed by atoms with E-state index in [-0.39, 0.29) is 0 Å². The van der Waals surface area contributed by atoms with E-state index in [9.17, 15) is 0 Å². The molecule has 0 atom stereocenters. The Balaban J connectivity index is 1.52. The Labute approximate surface area is 135 Å². The summed E-state index contributed by atoms with van der Waals surface area (Å²) >= 11 is 6.21. The fourth-order valence-electron chi connectivity index (χ4n) is 2.65. The number of piperidine rings is 1. The zero-order valence-electron chi connectivity index (χ0n) is 12.6. The topological polar surface area (TPSA) is 51.1 Å². The molecule has 3 rings (SSSR count). The van der Waals surface area contributed by atoms with Gasteiger partial charge >= 0.3 is 0 Å². The van der Waals surface area contributed by atoms with E-state index in [1.165, 1.54) is 0 Å². The van der Waals surface area contributed by atoms with Crippen molar-refractivity contribution in [1.29, 1.82) is 0 Å². The minimum Gasteiger partial charge on any atom is -0.476 e. The van der Waals surface area contributed by atoms with Crippen molar-refractivity contribution in [3.05, 3.63) is 41.4 Å². The molecule has 0 saturated carbocycles. The summed E-state index contributed by atoms with van der Waals surface area (Å²) in [6.07, 6.45) is 7.25. The highest BCUT2D eigenvalue weighted by molar-refractivity contribution is 6.32. The number of ether oxygens (including phenoxy) is 1. The highest BCUT2D eigenvalue weighted by Crippen LogP contribution is 2.27. The molecule has 3 heterocycles. The maximum Gasteiger partial charge on any atom is 0.235 e. The van der Waals surface area contributed by atoms with Gasteiger partial charge in [-0.2, -0.15) is 0 Å². The molecule has 0 radical (unpaired) electrons. The molecule has 1 saturated heterocycles. The van der Waals surface area contributed by atoms with Crippen molar-refractivity contribution in [2.24, 2.45) is 5.92 Å². The van der Waals surface area contributed by atoms with Gasteiger partial charge in [0.05, 0.1) is 17.3 Å². The summed E-state index contributed by atoms with van der Waals surface area (Å²) in [4.78, 5) is 15.0. The van der Waals surface area contributed by atoms with Crippen LogP contribution in [0, 0.1) is 12.8 Å². The van der Waals surface area contributed by atoms with Gasteiger partial charge in [0.15, 0.2) is 0 Å². The maximum absolute atomic E-state index is 6.21. The van der Waals surface area contributed by atoms with Crippen molar-refractivity contribution in [3.63, 3.8) is 0 Å². The molecule has 0 spiro atoms. The van der Waals surface area contributed by atoms with Gasteiger partial charge in [-0.1, -0.05) is 11.6 Å². The Morgan fingerprint density at radius 1 is 1.18 bits per heavy atom. The molecule has 5 nitrogen and oxygen atoms in total. The summed E-state index contributed by atoms with van der Waals surface area (Å²) in [5, 5.41) is 0.715. The fraction of sp³-hybridized carbons (Fsp3) is 0.438. The van der Waals surface area contributed by atoms with E-state index in [1.54, 1.807) is 18.6 Å². The van der Waals surface area contributed by atoms with Gasteiger partial charge in [-0.3, -0.25) is 4.98 Å². The molecule has 1 fully saturated rings. The van der Waals surface area contributed by atoms with E-state index < -0.39 is 0 Å². The molecule has 0 N–H and O–H groups in total. The van der Waals surface area contributed by atoms with E-state index in [2.05, 4.69) is 19.9 Å². The fourth-order valence-corrected chi connectivity index (χ4v) is 2.90. The van der Waals surface area contributed by atoms with Crippen LogP contribution in [0.25, 0.3) is 0 Å². The zero-order valence-corrected chi connectivity index (χ0v) is 13.3. The molecule has 22 heavy (non-hydrogen) atoms. The van der Waals surface area contributed by atoms with Crippen molar-refractivity contribution in [2.45, 2.75) is 19.8 Å².